The highest BCUT2D eigenvalue weighted by atomic mass is 15.4. The van der Waals surface area contributed by atoms with Crippen LogP contribution in [0, 0.1) is 0 Å². The maximum absolute atomic E-state index is 5.58. The normalized spacial score (nSPS) is 12.9. The van der Waals surface area contributed by atoms with Gasteiger partial charge in [-0.05, 0) is 6.42 Å². The van der Waals surface area contributed by atoms with Crippen LogP contribution < -0.4 is 11.3 Å². The Morgan fingerprint density at radius 3 is 2.59 bits per heavy atom. The van der Waals surface area contributed by atoms with E-state index in [9.17, 15) is 0 Å². The molecule has 0 aliphatic carbocycles. The molecule has 98 valence electrons. The molecule has 0 bridgehead atoms. The Hall–Kier alpha value is -0.940. The van der Waals surface area contributed by atoms with Crippen molar-refractivity contribution in [3.63, 3.8) is 0 Å². The number of aromatic nitrogens is 3. The van der Waals surface area contributed by atoms with Crippen LogP contribution in [0.2, 0.25) is 0 Å². The third-order valence-electron chi connectivity index (χ3n) is 3.15. The standard InChI is InChI=1S/C12H25N5/c1-3-4-5-6-7-8-9-11(15-13)12-10-14-16-17(12)2/h10-11,15H,3-9,13H2,1-2H3. The van der Waals surface area contributed by atoms with Crippen LogP contribution in [0.5, 0.6) is 0 Å². The topological polar surface area (TPSA) is 68.8 Å². The molecule has 0 spiro atoms. The zero-order chi connectivity index (χ0) is 12.5. The molecule has 1 aromatic rings. The molecule has 5 nitrogen and oxygen atoms in total. The van der Waals surface area contributed by atoms with Crippen LogP contribution in [-0.2, 0) is 7.05 Å². The number of hydrogen-bond acceptors (Lipinski definition) is 4. The van der Waals surface area contributed by atoms with E-state index in [1.54, 1.807) is 10.9 Å². The van der Waals surface area contributed by atoms with Gasteiger partial charge in [-0.15, -0.1) is 5.10 Å². The summed E-state index contributed by atoms with van der Waals surface area (Å²) >= 11 is 0. The summed E-state index contributed by atoms with van der Waals surface area (Å²) < 4.78 is 1.78. The predicted molar refractivity (Wildman–Crippen MR) is 69.1 cm³/mol. The van der Waals surface area contributed by atoms with Crippen LogP contribution in [-0.4, -0.2) is 15.0 Å². The van der Waals surface area contributed by atoms with Gasteiger partial charge in [-0.2, -0.15) is 0 Å². The molecule has 17 heavy (non-hydrogen) atoms. The molecule has 0 aliphatic heterocycles. The van der Waals surface area contributed by atoms with Crippen LogP contribution >= 0.6 is 0 Å². The third kappa shape index (κ3) is 4.83. The van der Waals surface area contributed by atoms with E-state index in [-0.39, 0.29) is 6.04 Å². The smallest absolute Gasteiger partial charge is 0.0766 e. The molecule has 0 radical (unpaired) electrons. The Labute approximate surface area is 104 Å². The number of nitrogens with two attached hydrogens (primary N) is 1. The summed E-state index contributed by atoms with van der Waals surface area (Å²) in [5.41, 5.74) is 3.90. The minimum atomic E-state index is 0.168. The molecule has 1 heterocycles. The number of nitrogens with one attached hydrogen (secondary N) is 1. The fourth-order valence-electron chi connectivity index (χ4n) is 2.06. The lowest BCUT2D eigenvalue weighted by molar-refractivity contribution is 0.451. The first-order chi connectivity index (χ1) is 8.29. The van der Waals surface area contributed by atoms with Crippen molar-refractivity contribution in [2.24, 2.45) is 12.9 Å². The van der Waals surface area contributed by atoms with Gasteiger partial charge in [0.15, 0.2) is 0 Å². The van der Waals surface area contributed by atoms with E-state index in [1.165, 1.54) is 38.5 Å². The van der Waals surface area contributed by atoms with Crippen molar-refractivity contribution in [2.75, 3.05) is 0 Å². The summed E-state index contributed by atoms with van der Waals surface area (Å²) in [4.78, 5) is 0. The van der Waals surface area contributed by atoms with Crippen LogP contribution in [0.15, 0.2) is 6.20 Å². The van der Waals surface area contributed by atoms with Gasteiger partial charge in [0.2, 0.25) is 0 Å². The number of aryl methyl sites for hydroxylation is 1. The van der Waals surface area contributed by atoms with E-state index < -0.39 is 0 Å². The van der Waals surface area contributed by atoms with Crippen molar-refractivity contribution >= 4 is 0 Å². The Kier molecular flexibility index (Phi) is 6.81. The molecular formula is C12H25N5. The zero-order valence-corrected chi connectivity index (χ0v) is 11.0. The molecule has 0 fully saturated rings. The number of hydrazine groups is 1. The van der Waals surface area contributed by atoms with Crippen molar-refractivity contribution < 1.29 is 0 Å². The number of unbranched alkanes of at least 4 members (excludes halogenated alkanes) is 5. The van der Waals surface area contributed by atoms with Crippen molar-refractivity contribution in [1.82, 2.24) is 20.4 Å². The van der Waals surface area contributed by atoms with Crippen molar-refractivity contribution in [3.8, 4) is 0 Å². The van der Waals surface area contributed by atoms with E-state index in [0.29, 0.717) is 0 Å². The van der Waals surface area contributed by atoms with Gasteiger partial charge in [0.1, 0.15) is 0 Å². The average Bonchev–Trinajstić information content (AvgIpc) is 2.75. The van der Waals surface area contributed by atoms with Gasteiger partial charge in [-0.25, -0.2) is 0 Å². The van der Waals surface area contributed by atoms with Crippen LogP contribution in [0.4, 0.5) is 0 Å². The molecule has 0 aliphatic rings. The van der Waals surface area contributed by atoms with Gasteiger partial charge in [0.25, 0.3) is 0 Å². The number of hydrogen-bond donors (Lipinski definition) is 2. The van der Waals surface area contributed by atoms with Crippen molar-refractivity contribution in [3.05, 3.63) is 11.9 Å². The first kappa shape index (κ1) is 14.1. The second kappa shape index (κ2) is 8.20. The lowest BCUT2D eigenvalue weighted by atomic mass is 10.0. The van der Waals surface area contributed by atoms with Gasteiger partial charge >= 0.3 is 0 Å². The molecule has 1 rings (SSSR count). The molecule has 0 amide bonds. The monoisotopic (exact) mass is 239 g/mol. The number of nitrogens with zero attached hydrogens (tertiary/aromatic N) is 3. The third-order valence-corrected chi connectivity index (χ3v) is 3.15. The van der Waals surface area contributed by atoms with Gasteiger partial charge in [-0.1, -0.05) is 50.7 Å². The Balaban J connectivity index is 2.22. The largest absolute Gasteiger partial charge is 0.271 e. The summed E-state index contributed by atoms with van der Waals surface area (Å²) in [6.07, 6.45) is 10.6. The lowest BCUT2D eigenvalue weighted by Gasteiger charge is -2.15. The summed E-state index contributed by atoms with van der Waals surface area (Å²) in [6.45, 7) is 2.24. The zero-order valence-electron chi connectivity index (χ0n) is 11.0. The van der Waals surface area contributed by atoms with E-state index in [0.717, 1.165) is 12.1 Å². The van der Waals surface area contributed by atoms with Gasteiger partial charge in [0.05, 0.1) is 17.9 Å². The molecule has 1 aromatic heterocycles. The van der Waals surface area contributed by atoms with E-state index >= 15 is 0 Å². The quantitative estimate of drug-likeness (QED) is 0.393. The van der Waals surface area contributed by atoms with Crippen LogP contribution in [0.1, 0.15) is 63.6 Å². The van der Waals surface area contributed by atoms with E-state index in [2.05, 4.69) is 22.7 Å². The minimum Gasteiger partial charge on any atom is -0.271 e. The molecule has 0 aromatic carbocycles. The van der Waals surface area contributed by atoms with Gasteiger partial charge < -0.3 is 0 Å². The Morgan fingerprint density at radius 1 is 1.29 bits per heavy atom. The molecule has 5 heteroatoms. The van der Waals surface area contributed by atoms with Crippen LogP contribution in [0.3, 0.4) is 0 Å². The second-order valence-corrected chi connectivity index (χ2v) is 4.56. The van der Waals surface area contributed by atoms with E-state index in [1.807, 2.05) is 7.05 Å². The molecule has 0 saturated carbocycles. The molecule has 3 N–H and O–H groups in total. The maximum atomic E-state index is 5.58. The maximum Gasteiger partial charge on any atom is 0.0766 e. The Morgan fingerprint density at radius 2 is 2.00 bits per heavy atom. The summed E-state index contributed by atoms with van der Waals surface area (Å²) in [5.74, 6) is 5.58. The molecule has 1 unspecified atom stereocenters. The molecule has 1 atom stereocenters. The first-order valence-corrected chi connectivity index (χ1v) is 6.60. The fraction of sp³-hybridized carbons (Fsp3) is 0.833. The van der Waals surface area contributed by atoms with Gasteiger partial charge in [0, 0.05) is 7.05 Å². The fourth-order valence-corrected chi connectivity index (χ4v) is 2.06. The highest BCUT2D eigenvalue weighted by Crippen LogP contribution is 2.18. The molecule has 0 saturated heterocycles. The Bertz CT molecular complexity index is 297. The average molecular weight is 239 g/mol. The first-order valence-electron chi connectivity index (χ1n) is 6.60. The van der Waals surface area contributed by atoms with E-state index in [4.69, 9.17) is 5.84 Å². The summed E-state index contributed by atoms with van der Waals surface area (Å²) in [6, 6.07) is 0.168. The summed E-state index contributed by atoms with van der Waals surface area (Å²) in [7, 11) is 1.90. The highest BCUT2D eigenvalue weighted by molar-refractivity contribution is 5.00. The van der Waals surface area contributed by atoms with Gasteiger partial charge in [-0.3, -0.25) is 16.0 Å². The predicted octanol–water partition coefficient (Wildman–Crippen LogP) is 2.07. The van der Waals surface area contributed by atoms with Crippen molar-refractivity contribution in [1.29, 1.82) is 0 Å². The number of rotatable bonds is 9. The van der Waals surface area contributed by atoms with Crippen LogP contribution in [0.25, 0.3) is 0 Å². The van der Waals surface area contributed by atoms with Crippen molar-refractivity contribution in [2.45, 2.75) is 57.9 Å². The SMILES string of the molecule is CCCCCCCCC(NN)c1cnnn1C. The molecular weight excluding hydrogens is 214 g/mol. The second-order valence-electron chi connectivity index (χ2n) is 4.56. The summed E-state index contributed by atoms with van der Waals surface area (Å²) in [5, 5.41) is 7.80. The highest BCUT2D eigenvalue weighted by Gasteiger charge is 2.13. The lowest BCUT2D eigenvalue weighted by Crippen LogP contribution is -2.29. The minimum absolute atomic E-state index is 0.168.